The van der Waals surface area contributed by atoms with Crippen LogP contribution in [0.2, 0.25) is 0 Å². The summed E-state index contributed by atoms with van der Waals surface area (Å²) in [5, 5.41) is 0. The van der Waals surface area contributed by atoms with Crippen LogP contribution in [0.1, 0.15) is 29.8 Å². The highest BCUT2D eigenvalue weighted by molar-refractivity contribution is 5.99. The Labute approximate surface area is 107 Å². The molecule has 2 aliphatic carbocycles. The molecule has 2 fully saturated rings. The van der Waals surface area contributed by atoms with E-state index in [4.69, 9.17) is 10.5 Å². The van der Waals surface area contributed by atoms with Gasteiger partial charge in [0, 0.05) is 18.2 Å². The van der Waals surface area contributed by atoms with E-state index in [0.717, 1.165) is 12.8 Å². The zero-order valence-electron chi connectivity index (χ0n) is 10.5. The number of ketones is 1. The lowest BCUT2D eigenvalue weighted by Crippen LogP contribution is -2.40. The number of rotatable bonds is 3. The molecule has 0 amide bonds. The molecule has 4 heteroatoms. The van der Waals surface area contributed by atoms with Crippen molar-refractivity contribution < 1.29 is 9.53 Å². The summed E-state index contributed by atoms with van der Waals surface area (Å²) in [5.41, 5.74) is 6.64. The third kappa shape index (κ3) is 1.63. The molecule has 4 unspecified atom stereocenters. The second kappa shape index (κ2) is 4.35. The molecule has 1 heterocycles. The first-order valence-electron chi connectivity index (χ1n) is 6.51. The monoisotopic (exact) mass is 246 g/mol. The summed E-state index contributed by atoms with van der Waals surface area (Å²) in [5.74, 6) is 1.53. The van der Waals surface area contributed by atoms with E-state index in [-0.39, 0.29) is 17.7 Å². The van der Waals surface area contributed by atoms with Crippen LogP contribution in [-0.4, -0.2) is 23.9 Å². The summed E-state index contributed by atoms with van der Waals surface area (Å²) in [6, 6.07) is 3.55. The number of carbonyl (C=O) groups excluding carboxylic acids is 1. The fraction of sp³-hybridized carbons (Fsp3) is 0.571. The Bertz CT molecular complexity index is 473. The summed E-state index contributed by atoms with van der Waals surface area (Å²) in [7, 11) is 1.56. The highest BCUT2D eigenvalue weighted by Gasteiger charge is 2.49. The van der Waals surface area contributed by atoms with Gasteiger partial charge < -0.3 is 10.5 Å². The Morgan fingerprint density at radius 1 is 1.44 bits per heavy atom. The number of pyridine rings is 1. The highest BCUT2D eigenvalue weighted by Crippen LogP contribution is 2.48. The number of methoxy groups -OCH3 is 1. The van der Waals surface area contributed by atoms with Crippen LogP contribution in [0.5, 0.6) is 5.75 Å². The number of ether oxygens (including phenoxy) is 1. The predicted octanol–water partition coefficient (Wildman–Crippen LogP) is 1.65. The Morgan fingerprint density at radius 3 is 2.89 bits per heavy atom. The average Bonchev–Trinajstić information content (AvgIpc) is 2.98. The van der Waals surface area contributed by atoms with Crippen molar-refractivity contribution in [1.29, 1.82) is 0 Å². The summed E-state index contributed by atoms with van der Waals surface area (Å²) in [6.45, 7) is 0. The molecule has 2 saturated carbocycles. The normalized spacial score (nSPS) is 33.7. The van der Waals surface area contributed by atoms with Crippen LogP contribution in [0.25, 0.3) is 0 Å². The number of aromatic nitrogens is 1. The van der Waals surface area contributed by atoms with Crippen molar-refractivity contribution in [2.45, 2.75) is 25.3 Å². The van der Waals surface area contributed by atoms with Crippen molar-refractivity contribution in [3.05, 3.63) is 24.0 Å². The molecule has 2 N–H and O–H groups in total. The molecular weight excluding hydrogens is 228 g/mol. The van der Waals surface area contributed by atoms with Gasteiger partial charge in [0.05, 0.1) is 7.11 Å². The minimum absolute atomic E-state index is 0.00274. The molecular formula is C14H18N2O2. The molecule has 1 aromatic rings. The van der Waals surface area contributed by atoms with Crippen LogP contribution in [0.4, 0.5) is 0 Å². The van der Waals surface area contributed by atoms with Gasteiger partial charge in [-0.1, -0.05) is 0 Å². The average molecular weight is 246 g/mol. The van der Waals surface area contributed by atoms with Gasteiger partial charge in [-0.3, -0.25) is 4.79 Å². The number of nitrogens with two attached hydrogens (primary N) is 1. The minimum atomic E-state index is -0.0625. The van der Waals surface area contributed by atoms with Gasteiger partial charge in [0.2, 0.25) is 0 Å². The summed E-state index contributed by atoms with van der Waals surface area (Å²) in [4.78, 5) is 16.8. The van der Waals surface area contributed by atoms with E-state index in [9.17, 15) is 4.79 Å². The molecule has 4 nitrogen and oxygen atoms in total. The minimum Gasteiger partial charge on any atom is -0.494 e. The lowest BCUT2D eigenvalue weighted by atomic mass is 9.81. The zero-order valence-corrected chi connectivity index (χ0v) is 10.5. The van der Waals surface area contributed by atoms with E-state index in [2.05, 4.69) is 4.98 Å². The van der Waals surface area contributed by atoms with Crippen molar-refractivity contribution in [1.82, 2.24) is 4.98 Å². The van der Waals surface area contributed by atoms with E-state index >= 15 is 0 Å². The first-order chi connectivity index (χ1) is 8.72. The SMILES string of the molecule is COc1cccnc1C(=O)C1C2CCC(C2)C1N. The molecule has 4 atom stereocenters. The molecule has 2 aliphatic rings. The van der Waals surface area contributed by atoms with E-state index in [1.165, 1.54) is 6.42 Å². The lowest BCUT2D eigenvalue weighted by molar-refractivity contribution is 0.0847. The molecule has 0 aromatic carbocycles. The predicted molar refractivity (Wildman–Crippen MR) is 67.4 cm³/mol. The van der Waals surface area contributed by atoms with Crippen molar-refractivity contribution >= 4 is 5.78 Å². The fourth-order valence-electron chi connectivity index (χ4n) is 3.62. The molecule has 0 saturated heterocycles. The standard InChI is InChI=1S/C14H18N2O2/c1-18-10-3-2-6-16-13(10)14(17)11-8-4-5-9(7-8)12(11)15/h2-3,6,8-9,11-12H,4-5,7,15H2,1H3. The first kappa shape index (κ1) is 11.7. The fourth-order valence-corrected chi connectivity index (χ4v) is 3.62. The number of nitrogens with zero attached hydrogens (tertiary/aromatic N) is 1. The summed E-state index contributed by atoms with van der Waals surface area (Å²) >= 11 is 0. The van der Waals surface area contributed by atoms with Gasteiger partial charge in [-0.25, -0.2) is 4.98 Å². The maximum atomic E-state index is 12.6. The molecule has 0 spiro atoms. The van der Waals surface area contributed by atoms with E-state index in [0.29, 0.717) is 23.3 Å². The number of hydrogen-bond acceptors (Lipinski definition) is 4. The molecule has 0 radical (unpaired) electrons. The van der Waals surface area contributed by atoms with E-state index in [1.54, 1.807) is 25.4 Å². The summed E-state index contributed by atoms with van der Waals surface area (Å²) < 4.78 is 5.22. The second-order valence-electron chi connectivity index (χ2n) is 5.35. The smallest absolute Gasteiger partial charge is 0.189 e. The molecule has 3 rings (SSSR count). The van der Waals surface area contributed by atoms with Gasteiger partial charge in [0.1, 0.15) is 11.4 Å². The maximum absolute atomic E-state index is 12.6. The Morgan fingerprint density at radius 2 is 2.22 bits per heavy atom. The van der Waals surface area contributed by atoms with Crippen molar-refractivity contribution in [2.24, 2.45) is 23.5 Å². The zero-order chi connectivity index (χ0) is 12.7. The molecule has 18 heavy (non-hydrogen) atoms. The lowest BCUT2D eigenvalue weighted by Gasteiger charge is -2.26. The van der Waals surface area contributed by atoms with Crippen LogP contribution in [0, 0.1) is 17.8 Å². The molecule has 2 bridgehead atoms. The van der Waals surface area contributed by atoms with Crippen molar-refractivity contribution in [3.63, 3.8) is 0 Å². The van der Waals surface area contributed by atoms with Crippen LogP contribution in [0.15, 0.2) is 18.3 Å². The van der Waals surface area contributed by atoms with Crippen LogP contribution < -0.4 is 10.5 Å². The summed E-state index contributed by atoms with van der Waals surface area (Å²) in [6.07, 6.45) is 5.04. The Kier molecular flexibility index (Phi) is 2.82. The van der Waals surface area contributed by atoms with E-state index in [1.807, 2.05) is 0 Å². The van der Waals surface area contributed by atoms with Gasteiger partial charge >= 0.3 is 0 Å². The Hall–Kier alpha value is -1.42. The maximum Gasteiger partial charge on any atom is 0.189 e. The van der Waals surface area contributed by atoms with Crippen molar-refractivity contribution in [3.8, 4) is 5.75 Å². The van der Waals surface area contributed by atoms with Gasteiger partial charge in [-0.05, 0) is 43.2 Å². The van der Waals surface area contributed by atoms with Crippen molar-refractivity contribution in [2.75, 3.05) is 7.11 Å². The number of Topliss-reactive ketones (excluding diaryl/α,β-unsaturated/α-hetero) is 1. The van der Waals surface area contributed by atoms with Crippen LogP contribution in [-0.2, 0) is 0 Å². The van der Waals surface area contributed by atoms with Crippen LogP contribution >= 0.6 is 0 Å². The van der Waals surface area contributed by atoms with Gasteiger partial charge in [0.15, 0.2) is 5.78 Å². The quantitative estimate of drug-likeness (QED) is 0.823. The largest absolute Gasteiger partial charge is 0.494 e. The van der Waals surface area contributed by atoms with Gasteiger partial charge in [-0.15, -0.1) is 0 Å². The highest BCUT2D eigenvalue weighted by atomic mass is 16.5. The van der Waals surface area contributed by atoms with E-state index < -0.39 is 0 Å². The number of fused-ring (bicyclic) bond motifs is 2. The molecule has 0 aliphatic heterocycles. The topological polar surface area (TPSA) is 65.2 Å². The third-order valence-electron chi connectivity index (χ3n) is 4.51. The first-order valence-corrected chi connectivity index (χ1v) is 6.51. The van der Waals surface area contributed by atoms with Gasteiger partial charge in [-0.2, -0.15) is 0 Å². The molecule has 96 valence electrons. The van der Waals surface area contributed by atoms with Crippen LogP contribution in [0.3, 0.4) is 0 Å². The Balaban J connectivity index is 1.91. The number of carbonyl (C=O) groups is 1. The second-order valence-corrected chi connectivity index (χ2v) is 5.35. The molecule has 1 aromatic heterocycles. The number of hydrogen-bond donors (Lipinski definition) is 1. The van der Waals surface area contributed by atoms with Gasteiger partial charge in [0.25, 0.3) is 0 Å². The third-order valence-corrected chi connectivity index (χ3v) is 4.51.